The lowest BCUT2D eigenvalue weighted by Crippen LogP contribution is -2.32. The Morgan fingerprint density at radius 3 is 2.64 bits per heavy atom. The Labute approximate surface area is 146 Å². The van der Waals surface area contributed by atoms with E-state index in [2.05, 4.69) is 21.5 Å². The molecule has 25 heavy (non-hydrogen) atoms. The molecule has 0 atom stereocenters. The molecule has 0 radical (unpaired) electrons. The van der Waals surface area contributed by atoms with Crippen molar-refractivity contribution in [1.29, 1.82) is 0 Å². The third kappa shape index (κ3) is 2.87. The summed E-state index contributed by atoms with van der Waals surface area (Å²) in [6.07, 6.45) is 7.63. The second-order valence-electron chi connectivity index (χ2n) is 6.67. The molecule has 130 valence electrons. The molecule has 2 heterocycles. The normalized spacial score (nSPS) is 20.7. The lowest BCUT2D eigenvalue weighted by Gasteiger charge is -2.28. The molecule has 0 aliphatic heterocycles. The third-order valence-corrected chi connectivity index (χ3v) is 4.93. The highest BCUT2D eigenvalue weighted by Gasteiger charge is 2.21. The Balaban J connectivity index is 1.74. The van der Waals surface area contributed by atoms with Crippen molar-refractivity contribution in [3.8, 4) is 11.1 Å². The zero-order valence-electron chi connectivity index (χ0n) is 14.0. The van der Waals surface area contributed by atoms with Gasteiger partial charge in [0.05, 0.1) is 11.3 Å². The number of benzene rings is 1. The highest BCUT2D eigenvalue weighted by molar-refractivity contribution is 5.95. The van der Waals surface area contributed by atoms with E-state index in [1.807, 2.05) is 18.2 Å². The summed E-state index contributed by atoms with van der Waals surface area (Å²) in [5.41, 5.74) is 22.4. The van der Waals surface area contributed by atoms with Gasteiger partial charge in [0, 0.05) is 35.7 Å². The van der Waals surface area contributed by atoms with Crippen molar-refractivity contribution in [2.75, 3.05) is 16.8 Å². The fraction of sp³-hybridized carbons (Fsp3) is 0.333. The molecule has 2 aromatic heterocycles. The smallest absolute Gasteiger partial charge is 0.177 e. The van der Waals surface area contributed by atoms with E-state index in [1.54, 1.807) is 16.9 Å². The van der Waals surface area contributed by atoms with Gasteiger partial charge in [0.15, 0.2) is 11.5 Å². The number of hydrogen-bond donors (Lipinski definition) is 4. The number of para-hydroxylation sites is 1. The van der Waals surface area contributed by atoms with Crippen LogP contribution in [0.15, 0.2) is 36.7 Å². The molecule has 0 spiro atoms. The van der Waals surface area contributed by atoms with Crippen molar-refractivity contribution >= 4 is 22.8 Å². The lowest BCUT2D eigenvalue weighted by molar-refractivity contribution is 0.411. The second-order valence-corrected chi connectivity index (χ2v) is 6.67. The number of aromatic nitrogens is 3. The van der Waals surface area contributed by atoms with E-state index in [0.717, 1.165) is 42.5 Å². The Bertz CT molecular complexity index is 894. The molecule has 1 fully saturated rings. The summed E-state index contributed by atoms with van der Waals surface area (Å²) in [6, 6.07) is 8.79. The second kappa shape index (κ2) is 6.25. The largest absolute Gasteiger partial charge is 0.395 e. The van der Waals surface area contributed by atoms with Gasteiger partial charge in [0.2, 0.25) is 0 Å². The van der Waals surface area contributed by atoms with Crippen molar-refractivity contribution < 1.29 is 0 Å². The van der Waals surface area contributed by atoms with Crippen LogP contribution in [0.3, 0.4) is 0 Å². The summed E-state index contributed by atoms with van der Waals surface area (Å²) in [6.45, 7) is 0. The Morgan fingerprint density at radius 1 is 1.08 bits per heavy atom. The SMILES string of the molecule is Nc1nn2ccnc2c(N)c1-c1ccccc1N[C@H]1CC[C@H](N)CC1. The molecule has 0 amide bonds. The van der Waals surface area contributed by atoms with Crippen LogP contribution in [-0.2, 0) is 0 Å². The number of anilines is 3. The molecule has 1 saturated carbocycles. The number of nitrogen functional groups attached to an aromatic ring is 2. The lowest BCUT2D eigenvalue weighted by atomic mass is 9.91. The van der Waals surface area contributed by atoms with Gasteiger partial charge in [0.1, 0.15) is 0 Å². The van der Waals surface area contributed by atoms with E-state index < -0.39 is 0 Å². The average molecular weight is 337 g/mol. The molecular formula is C18H23N7. The minimum atomic E-state index is 0.326. The highest BCUT2D eigenvalue weighted by atomic mass is 15.3. The molecule has 0 saturated heterocycles. The van der Waals surface area contributed by atoms with Crippen molar-refractivity contribution in [3.63, 3.8) is 0 Å². The van der Waals surface area contributed by atoms with Crippen LogP contribution in [0, 0.1) is 0 Å². The summed E-state index contributed by atoms with van der Waals surface area (Å²) in [7, 11) is 0. The predicted octanol–water partition coefficient (Wildman–Crippen LogP) is 2.24. The number of imidazole rings is 1. The molecular weight excluding hydrogens is 314 g/mol. The monoisotopic (exact) mass is 337 g/mol. The highest BCUT2D eigenvalue weighted by Crippen LogP contribution is 2.38. The van der Waals surface area contributed by atoms with Crippen molar-refractivity contribution in [1.82, 2.24) is 14.6 Å². The first kappa shape index (κ1) is 15.7. The van der Waals surface area contributed by atoms with Gasteiger partial charge in [0.25, 0.3) is 0 Å². The zero-order chi connectivity index (χ0) is 17.4. The first-order valence-corrected chi connectivity index (χ1v) is 8.63. The standard InChI is InChI=1S/C18H23N7/c19-11-5-7-12(8-6-11)23-14-4-2-1-3-13(14)15-16(20)18-22-9-10-25(18)24-17(15)21/h1-4,9-12,23H,5-8,19-20H2,(H2,21,24)/t11-,12-. The van der Waals surface area contributed by atoms with Gasteiger partial charge in [-0.25, -0.2) is 9.50 Å². The molecule has 0 unspecified atom stereocenters. The number of hydrogen-bond acceptors (Lipinski definition) is 6. The molecule has 7 nitrogen and oxygen atoms in total. The Kier molecular flexibility index (Phi) is 3.93. The van der Waals surface area contributed by atoms with Gasteiger partial charge >= 0.3 is 0 Å². The minimum absolute atomic E-state index is 0.326. The van der Waals surface area contributed by atoms with Gasteiger partial charge in [-0.2, -0.15) is 0 Å². The molecule has 4 rings (SSSR count). The van der Waals surface area contributed by atoms with E-state index in [-0.39, 0.29) is 0 Å². The Morgan fingerprint density at radius 2 is 1.84 bits per heavy atom. The molecule has 1 aliphatic carbocycles. The van der Waals surface area contributed by atoms with Crippen LogP contribution in [0.2, 0.25) is 0 Å². The fourth-order valence-corrected chi connectivity index (χ4v) is 3.58. The maximum atomic E-state index is 6.37. The number of rotatable bonds is 3. The van der Waals surface area contributed by atoms with Crippen LogP contribution in [0.25, 0.3) is 16.8 Å². The van der Waals surface area contributed by atoms with E-state index in [1.165, 1.54) is 0 Å². The molecule has 1 aromatic carbocycles. The van der Waals surface area contributed by atoms with Crippen LogP contribution < -0.4 is 22.5 Å². The number of nitrogens with zero attached hydrogens (tertiary/aromatic N) is 3. The first-order chi connectivity index (χ1) is 12.1. The average Bonchev–Trinajstić information content (AvgIpc) is 3.07. The summed E-state index contributed by atoms with van der Waals surface area (Å²) >= 11 is 0. The van der Waals surface area contributed by atoms with Crippen molar-refractivity contribution in [3.05, 3.63) is 36.7 Å². The topological polar surface area (TPSA) is 120 Å². The van der Waals surface area contributed by atoms with Gasteiger partial charge < -0.3 is 22.5 Å². The van der Waals surface area contributed by atoms with Crippen LogP contribution in [0.1, 0.15) is 25.7 Å². The van der Waals surface area contributed by atoms with Crippen LogP contribution in [0.5, 0.6) is 0 Å². The molecule has 7 N–H and O–H groups in total. The summed E-state index contributed by atoms with van der Waals surface area (Å²) in [5, 5.41) is 8.02. The van der Waals surface area contributed by atoms with Gasteiger partial charge in [-0.05, 0) is 31.7 Å². The van der Waals surface area contributed by atoms with Gasteiger partial charge in [-0.3, -0.25) is 0 Å². The van der Waals surface area contributed by atoms with Gasteiger partial charge in [-0.1, -0.05) is 18.2 Å². The van der Waals surface area contributed by atoms with Crippen molar-refractivity contribution in [2.24, 2.45) is 5.73 Å². The summed E-state index contributed by atoms with van der Waals surface area (Å²) < 4.78 is 1.60. The molecule has 3 aromatic rings. The fourth-order valence-electron chi connectivity index (χ4n) is 3.58. The maximum absolute atomic E-state index is 6.37. The number of nitrogens with one attached hydrogen (secondary N) is 1. The van der Waals surface area contributed by atoms with Crippen LogP contribution >= 0.6 is 0 Å². The minimum Gasteiger partial charge on any atom is -0.395 e. The number of nitrogens with two attached hydrogens (primary N) is 3. The zero-order valence-corrected chi connectivity index (χ0v) is 14.0. The van der Waals surface area contributed by atoms with Crippen LogP contribution in [0.4, 0.5) is 17.2 Å². The first-order valence-electron chi connectivity index (χ1n) is 8.63. The van der Waals surface area contributed by atoms with E-state index in [4.69, 9.17) is 17.2 Å². The van der Waals surface area contributed by atoms with Gasteiger partial charge in [-0.15, -0.1) is 5.10 Å². The van der Waals surface area contributed by atoms with E-state index in [0.29, 0.717) is 29.2 Å². The third-order valence-electron chi connectivity index (χ3n) is 4.93. The van der Waals surface area contributed by atoms with E-state index >= 15 is 0 Å². The van der Waals surface area contributed by atoms with Crippen LogP contribution in [-0.4, -0.2) is 26.7 Å². The quantitative estimate of drug-likeness (QED) is 0.582. The van der Waals surface area contributed by atoms with Crippen molar-refractivity contribution in [2.45, 2.75) is 37.8 Å². The summed E-state index contributed by atoms with van der Waals surface area (Å²) in [4.78, 5) is 4.28. The maximum Gasteiger partial charge on any atom is 0.177 e. The van der Waals surface area contributed by atoms with E-state index in [9.17, 15) is 0 Å². The molecule has 1 aliphatic rings. The predicted molar refractivity (Wildman–Crippen MR) is 101 cm³/mol. The molecule has 7 heteroatoms. The summed E-state index contributed by atoms with van der Waals surface area (Å²) in [5.74, 6) is 0.392. The molecule has 0 bridgehead atoms. The Hall–Kier alpha value is -2.80. The number of fused-ring (bicyclic) bond motifs is 1.